The predicted molar refractivity (Wildman–Crippen MR) is 70.1 cm³/mol. The Labute approximate surface area is 105 Å². The van der Waals surface area contributed by atoms with E-state index >= 15 is 0 Å². The highest BCUT2D eigenvalue weighted by Gasteiger charge is 2.12. The van der Waals surface area contributed by atoms with Gasteiger partial charge in [0.2, 0.25) is 10.0 Å². The maximum atomic E-state index is 11.6. The van der Waals surface area contributed by atoms with Crippen molar-refractivity contribution in [3.63, 3.8) is 0 Å². The van der Waals surface area contributed by atoms with E-state index in [1.54, 1.807) is 24.3 Å². The molecule has 0 saturated heterocycles. The van der Waals surface area contributed by atoms with Gasteiger partial charge >= 0.3 is 0 Å². The third kappa shape index (κ3) is 2.55. The lowest BCUT2D eigenvalue weighted by molar-refractivity contribution is 0.320. The maximum Gasteiger partial charge on any atom is 0.235 e. The number of hydrogen-bond donors (Lipinski definition) is 3. The van der Waals surface area contributed by atoms with Crippen molar-refractivity contribution in [1.29, 1.82) is 0 Å². The molecule has 0 bridgehead atoms. The van der Waals surface area contributed by atoms with Crippen LogP contribution in [0.3, 0.4) is 0 Å². The highest BCUT2D eigenvalue weighted by Crippen LogP contribution is 2.30. The van der Waals surface area contributed by atoms with Gasteiger partial charge in [-0.2, -0.15) is 0 Å². The van der Waals surface area contributed by atoms with Crippen LogP contribution in [0.5, 0.6) is 5.75 Å². The van der Waals surface area contributed by atoms with Crippen LogP contribution in [0.1, 0.15) is 0 Å². The number of aliphatic hydroxyl groups is 1. The van der Waals surface area contributed by atoms with Crippen molar-refractivity contribution in [3.05, 3.63) is 36.4 Å². The number of fused-ring (bicyclic) bond motifs is 1. The van der Waals surface area contributed by atoms with Gasteiger partial charge < -0.3 is 10.2 Å². The molecule has 18 heavy (non-hydrogen) atoms. The van der Waals surface area contributed by atoms with Crippen LogP contribution in [0.4, 0.5) is 5.69 Å². The van der Waals surface area contributed by atoms with Gasteiger partial charge in [0.15, 0.2) is 0 Å². The standard InChI is InChI=1S/C12H13NO4S/c14-7-8-18(16,17)13-11-5-6-12(15)10-4-2-1-3-9(10)11/h1-6,13-15H,7-8H2. The summed E-state index contributed by atoms with van der Waals surface area (Å²) in [5.74, 6) is -0.266. The lowest BCUT2D eigenvalue weighted by atomic mass is 10.1. The van der Waals surface area contributed by atoms with E-state index in [0.29, 0.717) is 16.5 Å². The number of phenolic OH excluding ortho intramolecular Hbond substituents is 1. The Bertz CT molecular complexity index is 667. The molecule has 0 aliphatic carbocycles. The van der Waals surface area contributed by atoms with Crippen LogP contribution < -0.4 is 4.72 Å². The minimum absolute atomic E-state index is 0.0932. The molecule has 5 nitrogen and oxygen atoms in total. The molecule has 0 unspecified atom stereocenters. The fourth-order valence-electron chi connectivity index (χ4n) is 1.71. The Morgan fingerprint density at radius 1 is 1.06 bits per heavy atom. The number of hydrogen-bond acceptors (Lipinski definition) is 4. The van der Waals surface area contributed by atoms with Crippen LogP contribution in [-0.2, 0) is 10.0 Å². The van der Waals surface area contributed by atoms with Gasteiger partial charge in [-0.15, -0.1) is 0 Å². The van der Waals surface area contributed by atoms with Crippen LogP contribution >= 0.6 is 0 Å². The smallest absolute Gasteiger partial charge is 0.235 e. The number of aliphatic hydroxyl groups excluding tert-OH is 1. The molecule has 96 valence electrons. The summed E-state index contributed by atoms with van der Waals surface area (Å²) < 4.78 is 25.6. The highest BCUT2D eigenvalue weighted by molar-refractivity contribution is 7.92. The monoisotopic (exact) mass is 267 g/mol. The predicted octanol–water partition coefficient (Wildman–Crippen LogP) is 1.28. The number of nitrogens with one attached hydrogen (secondary N) is 1. The first-order valence-corrected chi connectivity index (χ1v) is 7.01. The second kappa shape index (κ2) is 4.83. The summed E-state index contributed by atoms with van der Waals surface area (Å²) in [5.41, 5.74) is 0.386. The molecule has 0 aliphatic rings. The summed E-state index contributed by atoms with van der Waals surface area (Å²) in [7, 11) is -3.57. The molecule has 2 aromatic carbocycles. The van der Waals surface area contributed by atoms with E-state index in [4.69, 9.17) is 5.11 Å². The van der Waals surface area contributed by atoms with E-state index in [-0.39, 0.29) is 11.5 Å². The third-order valence-electron chi connectivity index (χ3n) is 2.53. The zero-order chi connectivity index (χ0) is 13.2. The van der Waals surface area contributed by atoms with Gasteiger partial charge in [0.1, 0.15) is 5.75 Å². The van der Waals surface area contributed by atoms with Gasteiger partial charge in [0.25, 0.3) is 0 Å². The van der Waals surface area contributed by atoms with E-state index in [1.165, 1.54) is 12.1 Å². The van der Waals surface area contributed by atoms with Gasteiger partial charge in [-0.05, 0) is 12.1 Å². The van der Waals surface area contributed by atoms with Crippen molar-refractivity contribution in [1.82, 2.24) is 0 Å². The zero-order valence-corrected chi connectivity index (χ0v) is 10.3. The molecule has 0 spiro atoms. The normalized spacial score (nSPS) is 11.6. The topological polar surface area (TPSA) is 86.6 Å². The molecule has 2 aromatic rings. The van der Waals surface area contributed by atoms with E-state index in [9.17, 15) is 13.5 Å². The van der Waals surface area contributed by atoms with Crippen molar-refractivity contribution in [2.75, 3.05) is 17.1 Å². The molecule has 0 amide bonds. The van der Waals surface area contributed by atoms with Crippen molar-refractivity contribution in [2.45, 2.75) is 0 Å². The largest absolute Gasteiger partial charge is 0.507 e. The molecule has 6 heteroatoms. The molecule has 2 rings (SSSR count). The van der Waals surface area contributed by atoms with Crippen LogP contribution in [0.15, 0.2) is 36.4 Å². The van der Waals surface area contributed by atoms with Crippen molar-refractivity contribution < 1.29 is 18.6 Å². The van der Waals surface area contributed by atoms with Gasteiger partial charge in [0.05, 0.1) is 18.0 Å². The first-order valence-electron chi connectivity index (χ1n) is 5.35. The number of benzene rings is 2. The average molecular weight is 267 g/mol. The Morgan fingerprint density at radius 2 is 1.72 bits per heavy atom. The third-order valence-corrected chi connectivity index (χ3v) is 3.78. The van der Waals surface area contributed by atoms with E-state index in [0.717, 1.165) is 0 Å². The Balaban J connectivity index is 2.50. The van der Waals surface area contributed by atoms with Gasteiger partial charge in [-0.3, -0.25) is 4.72 Å². The Kier molecular flexibility index (Phi) is 3.40. The number of anilines is 1. The minimum atomic E-state index is -3.57. The summed E-state index contributed by atoms with van der Waals surface area (Å²) in [6.45, 7) is -0.439. The first-order chi connectivity index (χ1) is 8.53. The summed E-state index contributed by atoms with van der Waals surface area (Å²) in [6.07, 6.45) is 0. The minimum Gasteiger partial charge on any atom is -0.507 e. The first kappa shape index (κ1) is 12.7. The second-order valence-electron chi connectivity index (χ2n) is 3.82. The summed E-state index contributed by atoms with van der Waals surface area (Å²) in [4.78, 5) is 0. The Hall–Kier alpha value is -1.79. The zero-order valence-electron chi connectivity index (χ0n) is 9.50. The van der Waals surface area contributed by atoms with E-state index in [2.05, 4.69) is 4.72 Å². The average Bonchev–Trinajstić information content (AvgIpc) is 2.33. The summed E-state index contributed by atoms with van der Waals surface area (Å²) in [6, 6.07) is 9.85. The van der Waals surface area contributed by atoms with Crippen molar-refractivity contribution >= 4 is 26.5 Å². The van der Waals surface area contributed by atoms with Crippen molar-refractivity contribution in [2.24, 2.45) is 0 Å². The number of phenols is 1. The fourth-order valence-corrected chi connectivity index (χ4v) is 2.57. The lowest BCUT2D eigenvalue weighted by Gasteiger charge is -2.10. The molecule has 0 aliphatic heterocycles. The SMILES string of the molecule is O=S(=O)(CCO)Nc1ccc(O)c2ccccc12. The molecule has 0 heterocycles. The van der Waals surface area contributed by atoms with Crippen LogP contribution in [0, 0.1) is 0 Å². The molecular weight excluding hydrogens is 254 g/mol. The highest BCUT2D eigenvalue weighted by atomic mass is 32.2. The Morgan fingerprint density at radius 3 is 2.39 bits per heavy atom. The maximum absolute atomic E-state index is 11.6. The fraction of sp³-hybridized carbons (Fsp3) is 0.167. The number of sulfonamides is 1. The quantitative estimate of drug-likeness (QED) is 0.728. The summed E-state index contributed by atoms with van der Waals surface area (Å²) in [5, 5.41) is 19.5. The van der Waals surface area contributed by atoms with E-state index in [1.807, 2.05) is 0 Å². The van der Waals surface area contributed by atoms with Gasteiger partial charge in [-0.1, -0.05) is 24.3 Å². The molecule has 0 radical (unpaired) electrons. The van der Waals surface area contributed by atoms with Gasteiger partial charge in [0, 0.05) is 10.8 Å². The summed E-state index contributed by atoms with van der Waals surface area (Å²) >= 11 is 0. The van der Waals surface area contributed by atoms with Crippen LogP contribution in [0.2, 0.25) is 0 Å². The molecule has 0 saturated carbocycles. The van der Waals surface area contributed by atoms with Gasteiger partial charge in [-0.25, -0.2) is 8.42 Å². The number of aromatic hydroxyl groups is 1. The second-order valence-corrected chi connectivity index (χ2v) is 5.66. The lowest BCUT2D eigenvalue weighted by Crippen LogP contribution is -2.18. The van der Waals surface area contributed by atoms with Crippen molar-refractivity contribution in [3.8, 4) is 5.75 Å². The van der Waals surface area contributed by atoms with Crippen LogP contribution in [0.25, 0.3) is 10.8 Å². The molecular formula is C12H13NO4S. The van der Waals surface area contributed by atoms with Crippen LogP contribution in [-0.4, -0.2) is 31.0 Å². The van der Waals surface area contributed by atoms with E-state index < -0.39 is 16.6 Å². The molecule has 0 atom stereocenters. The molecule has 3 N–H and O–H groups in total. The molecule has 0 fully saturated rings. The molecule has 0 aromatic heterocycles. The number of rotatable bonds is 4.